The van der Waals surface area contributed by atoms with Crippen LogP contribution < -0.4 is 5.32 Å². The van der Waals surface area contributed by atoms with Crippen LogP contribution in [0.15, 0.2) is 47.5 Å². The van der Waals surface area contributed by atoms with Gasteiger partial charge in [0.1, 0.15) is 6.54 Å². The van der Waals surface area contributed by atoms with Gasteiger partial charge in [-0.05, 0) is 18.9 Å². The molecule has 1 fully saturated rings. The summed E-state index contributed by atoms with van der Waals surface area (Å²) in [6, 6.07) is 10.2. The molecule has 1 unspecified atom stereocenters. The van der Waals surface area contributed by atoms with Crippen LogP contribution in [-0.2, 0) is 16.1 Å². The van der Waals surface area contributed by atoms with E-state index in [1.54, 1.807) is 19.0 Å². The Bertz CT molecular complexity index is 643. The van der Waals surface area contributed by atoms with Gasteiger partial charge in [-0.15, -0.1) is 0 Å². The summed E-state index contributed by atoms with van der Waals surface area (Å²) >= 11 is 0. The van der Waals surface area contributed by atoms with Crippen molar-refractivity contribution in [2.45, 2.75) is 20.0 Å². The van der Waals surface area contributed by atoms with E-state index in [0.29, 0.717) is 19.1 Å². The Morgan fingerprint density at radius 3 is 2.78 bits per heavy atom. The minimum atomic E-state index is -0.00781. The first kappa shape index (κ1) is 21.0. The van der Waals surface area contributed by atoms with E-state index in [4.69, 9.17) is 4.74 Å². The van der Waals surface area contributed by atoms with E-state index in [0.717, 1.165) is 37.6 Å². The van der Waals surface area contributed by atoms with E-state index in [9.17, 15) is 4.79 Å². The summed E-state index contributed by atoms with van der Waals surface area (Å²) in [5.41, 5.74) is 2.23. The van der Waals surface area contributed by atoms with E-state index >= 15 is 0 Å². The Morgan fingerprint density at radius 1 is 1.37 bits per heavy atom. The number of nitrogens with one attached hydrogen (secondary N) is 1. The highest BCUT2D eigenvalue weighted by atomic mass is 16.5. The predicted octanol–water partition coefficient (Wildman–Crippen LogP) is 2.13. The molecule has 2 rings (SSSR count). The second-order valence-corrected chi connectivity index (χ2v) is 7.34. The molecule has 0 radical (unpaired) electrons. The Labute approximate surface area is 162 Å². The molecule has 0 spiro atoms. The van der Waals surface area contributed by atoms with Gasteiger partial charge in [0.25, 0.3) is 0 Å². The molecule has 0 saturated carbocycles. The molecule has 0 aromatic heterocycles. The molecular weight excluding hydrogens is 340 g/mol. The lowest BCUT2D eigenvalue weighted by Crippen LogP contribution is -2.41. The first-order valence-corrected chi connectivity index (χ1v) is 9.45. The lowest BCUT2D eigenvalue weighted by atomic mass is 10.1. The van der Waals surface area contributed by atoms with E-state index in [1.807, 2.05) is 25.1 Å². The van der Waals surface area contributed by atoms with Crippen LogP contribution in [0.1, 0.15) is 18.9 Å². The van der Waals surface area contributed by atoms with Gasteiger partial charge in [-0.25, -0.2) is 4.99 Å². The summed E-state index contributed by atoms with van der Waals surface area (Å²) in [5, 5.41) is 3.32. The molecule has 6 nitrogen and oxygen atoms in total. The molecule has 1 aliphatic heterocycles. The molecule has 1 aromatic rings. The van der Waals surface area contributed by atoms with Crippen molar-refractivity contribution in [3.8, 4) is 0 Å². The SMILES string of the molecule is C=C(C)CNC(=NCC(=O)N(C)C)N1CCC(COCc2ccccc2)C1. The van der Waals surface area contributed by atoms with Crippen LogP contribution in [0.3, 0.4) is 0 Å². The standard InChI is InChI=1S/C21H32N4O2/c1-17(2)12-22-21(23-13-20(26)24(3)4)25-11-10-19(14-25)16-27-15-18-8-6-5-7-9-18/h5-9,19H,1,10-16H2,2-4H3,(H,22,23). The number of guanidine groups is 1. The third kappa shape index (κ3) is 7.43. The number of amides is 1. The van der Waals surface area contributed by atoms with Crippen molar-refractivity contribution in [2.24, 2.45) is 10.9 Å². The fourth-order valence-electron chi connectivity index (χ4n) is 2.86. The molecule has 1 amide bonds. The average molecular weight is 373 g/mol. The van der Waals surface area contributed by atoms with Gasteiger partial charge in [0.2, 0.25) is 5.91 Å². The van der Waals surface area contributed by atoms with Crippen LogP contribution in [0.2, 0.25) is 0 Å². The Balaban J connectivity index is 1.85. The lowest BCUT2D eigenvalue weighted by Gasteiger charge is -2.22. The third-order valence-electron chi connectivity index (χ3n) is 4.46. The van der Waals surface area contributed by atoms with Gasteiger partial charge in [0, 0.05) is 39.6 Å². The molecule has 1 atom stereocenters. The third-order valence-corrected chi connectivity index (χ3v) is 4.46. The Morgan fingerprint density at radius 2 is 2.11 bits per heavy atom. The first-order chi connectivity index (χ1) is 13.0. The summed E-state index contributed by atoms with van der Waals surface area (Å²) in [5.74, 6) is 1.24. The maximum atomic E-state index is 11.9. The zero-order chi connectivity index (χ0) is 19.6. The second kappa shape index (κ2) is 10.7. The van der Waals surface area contributed by atoms with Crippen LogP contribution in [0.25, 0.3) is 0 Å². The minimum Gasteiger partial charge on any atom is -0.376 e. The number of carbonyl (C=O) groups excluding carboxylic acids is 1. The number of carbonyl (C=O) groups is 1. The highest BCUT2D eigenvalue weighted by molar-refractivity contribution is 5.85. The van der Waals surface area contributed by atoms with Crippen LogP contribution in [0.4, 0.5) is 0 Å². The number of rotatable bonds is 8. The molecule has 6 heteroatoms. The van der Waals surface area contributed by atoms with Gasteiger partial charge in [-0.1, -0.05) is 42.5 Å². The Kier molecular flexibility index (Phi) is 8.33. The molecule has 148 valence electrons. The molecule has 27 heavy (non-hydrogen) atoms. The summed E-state index contributed by atoms with van der Waals surface area (Å²) in [6.45, 7) is 9.88. The number of aliphatic imine (C=N–C) groups is 1. The molecule has 1 aromatic carbocycles. The maximum absolute atomic E-state index is 11.9. The zero-order valence-corrected chi connectivity index (χ0v) is 16.8. The molecule has 1 heterocycles. The number of hydrogen-bond acceptors (Lipinski definition) is 3. The number of likely N-dealkylation sites (N-methyl/N-ethyl adjacent to an activating group) is 1. The van der Waals surface area contributed by atoms with Crippen LogP contribution in [-0.4, -0.2) is 68.5 Å². The van der Waals surface area contributed by atoms with Crippen molar-refractivity contribution in [1.82, 2.24) is 15.1 Å². The lowest BCUT2D eigenvalue weighted by molar-refractivity contribution is -0.127. The number of hydrogen-bond donors (Lipinski definition) is 1. The van der Waals surface area contributed by atoms with Gasteiger partial charge in [0.05, 0.1) is 13.2 Å². The fourth-order valence-corrected chi connectivity index (χ4v) is 2.86. The highest BCUT2D eigenvalue weighted by Gasteiger charge is 2.25. The van der Waals surface area contributed by atoms with E-state index in [2.05, 4.69) is 33.9 Å². The van der Waals surface area contributed by atoms with Crippen molar-refractivity contribution in [2.75, 3.05) is 46.9 Å². The molecule has 1 N–H and O–H groups in total. The molecular formula is C21H32N4O2. The van der Waals surface area contributed by atoms with Gasteiger partial charge >= 0.3 is 0 Å². The maximum Gasteiger partial charge on any atom is 0.243 e. The molecule has 1 aliphatic rings. The summed E-state index contributed by atoms with van der Waals surface area (Å²) in [4.78, 5) is 20.2. The summed E-state index contributed by atoms with van der Waals surface area (Å²) in [7, 11) is 3.49. The van der Waals surface area contributed by atoms with Crippen LogP contribution in [0.5, 0.6) is 0 Å². The average Bonchev–Trinajstić information content (AvgIpc) is 3.10. The fraction of sp³-hybridized carbons (Fsp3) is 0.524. The van der Waals surface area contributed by atoms with Gasteiger partial charge in [-0.3, -0.25) is 4.79 Å². The van der Waals surface area contributed by atoms with Crippen molar-refractivity contribution >= 4 is 11.9 Å². The highest BCUT2D eigenvalue weighted by Crippen LogP contribution is 2.17. The largest absolute Gasteiger partial charge is 0.376 e. The summed E-state index contributed by atoms with van der Waals surface area (Å²) in [6.07, 6.45) is 1.06. The molecule has 0 bridgehead atoms. The number of likely N-dealkylation sites (tertiary alicyclic amines) is 1. The smallest absolute Gasteiger partial charge is 0.243 e. The van der Waals surface area contributed by atoms with E-state index < -0.39 is 0 Å². The molecule has 1 saturated heterocycles. The van der Waals surface area contributed by atoms with Crippen LogP contribution in [0, 0.1) is 5.92 Å². The molecule has 0 aliphatic carbocycles. The predicted molar refractivity (Wildman–Crippen MR) is 110 cm³/mol. The van der Waals surface area contributed by atoms with Crippen molar-refractivity contribution in [1.29, 1.82) is 0 Å². The van der Waals surface area contributed by atoms with Gasteiger partial charge in [-0.2, -0.15) is 0 Å². The van der Waals surface area contributed by atoms with E-state index in [1.165, 1.54) is 5.56 Å². The van der Waals surface area contributed by atoms with Gasteiger partial charge in [0.15, 0.2) is 5.96 Å². The first-order valence-electron chi connectivity index (χ1n) is 9.45. The van der Waals surface area contributed by atoms with E-state index in [-0.39, 0.29) is 12.5 Å². The Hall–Kier alpha value is -2.34. The summed E-state index contributed by atoms with van der Waals surface area (Å²) < 4.78 is 5.90. The quantitative estimate of drug-likeness (QED) is 0.432. The second-order valence-electron chi connectivity index (χ2n) is 7.34. The normalized spacial score (nSPS) is 17.1. The zero-order valence-electron chi connectivity index (χ0n) is 16.8. The monoisotopic (exact) mass is 372 g/mol. The van der Waals surface area contributed by atoms with Crippen molar-refractivity contribution < 1.29 is 9.53 Å². The van der Waals surface area contributed by atoms with Crippen molar-refractivity contribution in [3.05, 3.63) is 48.0 Å². The minimum absolute atomic E-state index is 0.00781. The number of benzene rings is 1. The van der Waals surface area contributed by atoms with Crippen LogP contribution >= 0.6 is 0 Å². The van der Waals surface area contributed by atoms with Crippen molar-refractivity contribution in [3.63, 3.8) is 0 Å². The number of nitrogens with zero attached hydrogens (tertiary/aromatic N) is 3. The topological polar surface area (TPSA) is 57.2 Å². The number of ether oxygens (including phenoxy) is 1. The van der Waals surface area contributed by atoms with Gasteiger partial charge < -0.3 is 19.9 Å².